The minimum atomic E-state index is -4.91. The van der Waals surface area contributed by atoms with E-state index in [1.807, 2.05) is 0 Å². The van der Waals surface area contributed by atoms with Crippen LogP contribution in [0.15, 0.2) is 74.8 Å². The number of halogens is 3. The monoisotopic (exact) mass is 325 g/mol. The third kappa shape index (κ3) is 3.22. The van der Waals surface area contributed by atoms with Gasteiger partial charge >= 0.3 is 6.18 Å². The third-order valence-corrected chi connectivity index (χ3v) is 6.16. The molecule has 0 aromatic heterocycles. The Labute approximate surface area is 127 Å². The van der Waals surface area contributed by atoms with Gasteiger partial charge in [-0.15, -0.1) is 0 Å². The molecule has 0 aliphatic rings. The van der Waals surface area contributed by atoms with Crippen molar-refractivity contribution in [2.24, 2.45) is 4.36 Å². The maximum absolute atomic E-state index is 12.7. The first-order valence-corrected chi connectivity index (χ1v) is 8.06. The predicted octanol–water partition coefficient (Wildman–Crippen LogP) is 4.01. The Hall–Kier alpha value is -2.08. The van der Waals surface area contributed by atoms with Gasteiger partial charge in [-0.2, -0.15) is 13.2 Å². The molecule has 0 unspecified atom stereocenters. The van der Waals surface area contributed by atoms with E-state index in [1.165, 1.54) is 7.05 Å². The Balaban J connectivity index is 2.82. The van der Waals surface area contributed by atoms with E-state index in [1.54, 1.807) is 60.7 Å². The van der Waals surface area contributed by atoms with Crippen LogP contribution in [-0.2, 0) is 14.2 Å². The van der Waals surface area contributed by atoms with Crippen molar-refractivity contribution >= 4 is 20.6 Å². The summed E-state index contributed by atoms with van der Waals surface area (Å²) >= 11 is 0. The molecule has 2 rings (SSSR count). The first kappa shape index (κ1) is 16.3. The fourth-order valence-electron chi connectivity index (χ4n) is 2.01. The minimum absolute atomic E-state index is 0.585. The Morgan fingerprint density at radius 3 is 1.68 bits per heavy atom. The first-order chi connectivity index (χ1) is 10.4. The molecule has 2 aromatic carbocycles. The molecular weight excluding hydrogens is 311 g/mol. The Morgan fingerprint density at radius 1 is 0.955 bits per heavy atom. The molecule has 0 bridgehead atoms. The molecule has 0 saturated carbocycles. The molecule has 6 heteroatoms. The topological polar surface area (TPSA) is 29.4 Å². The second-order valence-corrected chi connectivity index (χ2v) is 7.21. The number of rotatable bonds is 3. The number of ketones is 1. The number of hydrogen-bond donors (Lipinski definition) is 0. The molecule has 2 nitrogen and oxygen atoms in total. The molecule has 2 aromatic rings. The van der Waals surface area contributed by atoms with Gasteiger partial charge in [-0.25, -0.2) is 0 Å². The van der Waals surface area contributed by atoms with Crippen molar-refractivity contribution in [1.29, 1.82) is 0 Å². The number of hydrogen-bond acceptors (Lipinski definition) is 2. The van der Waals surface area contributed by atoms with E-state index in [4.69, 9.17) is 0 Å². The fraction of sp³-hybridized carbons (Fsp3) is 0.125. The van der Waals surface area contributed by atoms with Crippen molar-refractivity contribution in [1.82, 2.24) is 0 Å². The molecule has 0 radical (unpaired) electrons. The van der Waals surface area contributed by atoms with Crippen molar-refractivity contribution < 1.29 is 18.0 Å². The highest BCUT2D eigenvalue weighted by Gasteiger charge is 2.37. The van der Waals surface area contributed by atoms with Crippen molar-refractivity contribution in [2.45, 2.75) is 16.0 Å². The molecule has 0 spiro atoms. The van der Waals surface area contributed by atoms with E-state index in [0.717, 1.165) is 5.37 Å². The average molecular weight is 325 g/mol. The number of Topliss-reactive ketones (excluding diaryl/α,β-unsaturated/α-hetero) is 1. The smallest absolute Gasteiger partial charge is 0.284 e. The largest absolute Gasteiger partial charge is 0.454 e. The molecule has 0 aliphatic heterocycles. The van der Waals surface area contributed by atoms with E-state index in [-0.39, 0.29) is 0 Å². The third-order valence-electron chi connectivity index (χ3n) is 3.05. The molecule has 0 fully saturated rings. The molecule has 0 atom stereocenters. The number of benzene rings is 2. The van der Waals surface area contributed by atoms with Crippen molar-refractivity contribution in [2.75, 3.05) is 7.05 Å². The maximum Gasteiger partial charge on any atom is 0.454 e. The van der Waals surface area contributed by atoms with Gasteiger partial charge in [0.25, 0.3) is 5.78 Å². The van der Waals surface area contributed by atoms with E-state index >= 15 is 0 Å². The zero-order chi connectivity index (χ0) is 16.2. The van der Waals surface area contributed by atoms with Crippen LogP contribution in [0.5, 0.6) is 0 Å². The fourth-order valence-corrected chi connectivity index (χ4v) is 4.67. The number of carbonyl (C=O) groups is 1. The van der Waals surface area contributed by atoms with Crippen LogP contribution in [0, 0.1) is 0 Å². The number of nitrogens with zero attached hydrogens (tertiary/aromatic N) is 1. The molecule has 0 N–H and O–H groups in total. The van der Waals surface area contributed by atoms with Gasteiger partial charge in [-0.05, 0) is 24.3 Å². The molecule has 0 heterocycles. The summed E-state index contributed by atoms with van der Waals surface area (Å²) in [7, 11) is -1.10. The van der Waals surface area contributed by atoms with Gasteiger partial charge in [-0.1, -0.05) is 45.8 Å². The summed E-state index contributed by atoms with van der Waals surface area (Å²) in [6.45, 7) is 0. The Bertz CT molecular complexity index is 729. The summed E-state index contributed by atoms with van der Waals surface area (Å²) < 4.78 is 42.4. The van der Waals surface area contributed by atoms with Crippen molar-refractivity contribution in [3.05, 3.63) is 60.7 Å². The van der Waals surface area contributed by atoms with Crippen molar-refractivity contribution in [3.8, 4) is 0 Å². The Kier molecular flexibility index (Phi) is 4.71. The van der Waals surface area contributed by atoms with E-state index < -0.39 is 21.4 Å². The van der Waals surface area contributed by atoms with Crippen LogP contribution in [0.3, 0.4) is 0 Å². The lowest BCUT2D eigenvalue weighted by Crippen LogP contribution is -2.27. The highest BCUT2D eigenvalue weighted by molar-refractivity contribution is 8.04. The van der Waals surface area contributed by atoms with Gasteiger partial charge in [0, 0.05) is 22.2 Å². The van der Waals surface area contributed by atoms with E-state index in [0.29, 0.717) is 9.79 Å². The molecule has 0 aliphatic carbocycles. The molecular formula is C16H14F3NOS. The van der Waals surface area contributed by atoms with Crippen LogP contribution in [-0.4, -0.2) is 24.4 Å². The lowest BCUT2D eigenvalue weighted by atomic mass is 10.4. The summed E-state index contributed by atoms with van der Waals surface area (Å²) in [5.74, 6) is -1.87. The zero-order valence-corrected chi connectivity index (χ0v) is 12.6. The van der Waals surface area contributed by atoms with Gasteiger partial charge in [0.1, 0.15) is 0 Å². The highest BCUT2D eigenvalue weighted by Crippen LogP contribution is 2.26. The average Bonchev–Trinajstić information content (AvgIpc) is 2.53. The molecule has 22 heavy (non-hydrogen) atoms. The lowest BCUT2D eigenvalue weighted by molar-refractivity contribution is -0.162. The maximum atomic E-state index is 12.7. The van der Waals surface area contributed by atoms with E-state index in [9.17, 15) is 18.0 Å². The summed E-state index contributed by atoms with van der Waals surface area (Å²) in [5, 5.41) is 0.720. The van der Waals surface area contributed by atoms with Crippen LogP contribution in [0.1, 0.15) is 0 Å². The van der Waals surface area contributed by atoms with Crippen LogP contribution < -0.4 is 0 Å². The molecule has 116 valence electrons. The summed E-state index contributed by atoms with van der Waals surface area (Å²) in [6.07, 6.45) is -4.91. The standard InChI is InChI=1S/C16H14F3NOS/c1-20-22(12-15(21)16(17,18)19,13-8-4-2-5-9-13)14-10-6-3-7-11-14/h2-12H,1H3. The Morgan fingerprint density at radius 2 is 1.36 bits per heavy atom. The normalized spacial score (nSPS) is 11.8. The highest BCUT2D eigenvalue weighted by atomic mass is 32.2. The van der Waals surface area contributed by atoms with Gasteiger partial charge in [0.15, 0.2) is 0 Å². The first-order valence-electron chi connectivity index (χ1n) is 6.40. The van der Waals surface area contributed by atoms with Gasteiger partial charge in [0.05, 0.1) is 0 Å². The SMILES string of the molecule is CN=S(=CC(=O)C(F)(F)F)(c1ccccc1)c1ccccc1. The van der Waals surface area contributed by atoms with Crippen LogP contribution in [0.2, 0.25) is 0 Å². The predicted molar refractivity (Wildman–Crippen MR) is 82.3 cm³/mol. The zero-order valence-electron chi connectivity index (χ0n) is 11.7. The van der Waals surface area contributed by atoms with Gasteiger partial charge in [0.2, 0.25) is 0 Å². The molecule has 0 saturated heterocycles. The number of carbonyl (C=O) groups excluding carboxylic acids is 1. The second-order valence-electron chi connectivity index (χ2n) is 4.41. The second kappa shape index (κ2) is 6.36. The quantitative estimate of drug-likeness (QED) is 0.784. The lowest BCUT2D eigenvalue weighted by Gasteiger charge is -2.18. The summed E-state index contributed by atoms with van der Waals surface area (Å²) in [4.78, 5) is 12.7. The summed E-state index contributed by atoms with van der Waals surface area (Å²) in [6, 6.07) is 17.2. The minimum Gasteiger partial charge on any atom is -0.284 e. The summed E-state index contributed by atoms with van der Waals surface area (Å²) in [5.41, 5.74) is 0. The van der Waals surface area contributed by atoms with Gasteiger partial charge < -0.3 is 0 Å². The molecule has 0 amide bonds. The van der Waals surface area contributed by atoms with Crippen molar-refractivity contribution in [3.63, 3.8) is 0 Å². The number of alkyl halides is 3. The van der Waals surface area contributed by atoms with Crippen LogP contribution in [0.25, 0.3) is 0 Å². The van der Waals surface area contributed by atoms with E-state index in [2.05, 4.69) is 4.36 Å². The van der Waals surface area contributed by atoms with Crippen LogP contribution >= 0.6 is 0 Å². The van der Waals surface area contributed by atoms with Gasteiger partial charge in [-0.3, -0.25) is 9.16 Å². The van der Waals surface area contributed by atoms with Crippen LogP contribution in [0.4, 0.5) is 13.2 Å².